The lowest BCUT2D eigenvalue weighted by Crippen LogP contribution is -2.12. The number of anilines is 1. The number of aliphatic hydroxyl groups excluding tert-OH is 1. The molecule has 0 aliphatic rings. The van der Waals surface area contributed by atoms with Crippen LogP contribution in [-0.2, 0) is 23.2 Å². The zero-order valence-electron chi connectivity index (χ0n) is 11.5. The topological polar surface area (TPSA) is 84.2 Å². The van der Waals surface area contributed by atoms with Crippen LogP contribution < -0.4 is 4.72 Å². The Hall–Kier alpha value is -1.38. The molecule has 0 atom stereocenters. The summed E-state index contributed by atoms with van der Waals surface area (Å²) in [5.74, 6) is 0. The van der Waals surface area contributed by atoms with E-state index in [1.165, 1.54) is 23.6 Å². The standard InChI is InChI=1S/C12H17N3O3S2/c1-4-15-6-11(5-10(15)7-16)20(17,18)14-12-13-8(2)9(3)19-12/h5-6,16H,4,7H2,1-3H3,(H,13,14). The number of thiazole rings is 1. The Balaban J connectivity index is 2.32. The summed E-state index contributed by atoms with van der Waals surface area (Å²) >= 11 is 1.30. The van der Waals surface area contributed by atoms with E-state index in [0.717, 1.165) is 10.6 Å². The molecule has 0 spiro atoms. The van der Waals surface area contributed by atoms with Crippen LogP contribution in [-0.4, -0.2) is 23.1 Å². The van der Waals surface area contributed by atoms with Crippen molar-refractivity contribution in [2.75, 3.05) is 4.72 Å². The molecule has 0 bridgehead atoms. The fraction of sp³-hybridized carbons (Fsp3) is 0.417. The van der Waals surface area contributed by atoms with E-state index in [9.17, 15) is 13.5 Å². The Labute approximate surface area is 122 Å². The number of aryl methyl sites for hydroxylation is 3. The van der Waals surface area contributed by atoms with Crippen molar-refractivity contribution in [2.45, 2.75) is 38.8 Å². The molecule has 6 nitrogen and oxygen atoms in total. The SMILES string of the molecule is CCn1cc(S(=O)(=O)Nc2nc(C)c(C)s2)cc1CO. The molecular formula is C12H17N3O3S2. The maximum Gasteiger partial charge on any atom is 0.265 e. The van der Waals surface area contributed by atoms with E-state index in [1.54, 1.807) is 4.57 Å². The lowest BCUT2D eigenvalue weighted by atomic mass is 10.4. The van der Waals surface area contributed by atoms with E-state index < -0.39 is 10.0 Å². The molecule has 0 amide bonds. The Morgan fingerprint density at radius 2 is 2.15 bits per heavy atom. The monoisotopic (exact) mass is 315 g/mol. The molecule has 0 aliphatic heterocycles. The zero-order chi connectivity index (χ0) is 14.9. The molecular weight excluding hydrogens is 298 g/mol. The molecule has 2 aromatic rings. The lowest BCUT2D eigenvalue weighted by molar-refractivity contribution is 0.271. The van der Waals surface area contributed by atoms with Gasteiger partial charge in [0.15, 0.2) is 5.13 Å². The molecule has 2 rings (SSSR count). The average Bonchev–Trinajstić information content (AvgIpc) is 2.93. The van der Waals surface area contributed by atoms with Gasteiger partial charge in [-0.1, -0.05) is 0 Å². The maximum atomic E-state index is 12.3. The van der Waals surface area contributed by atoms with Gasteiger partial charge in [-0.05, 0) is 26.8 Å². The first kappa shape index (κ1) is 15.0. The highest BCUT2D eigenvalue weighted by Crippen LogP contribution is 2.24. The predicted molar refractivity (Wildman–Crippen MR) is 78.4 cm³/mol. The van der Waals surface area contributed by atoms with Gasteiger partial charge in [0.05, 0.1) is 12.3 Å². The van der Waals surface area contributed by atoms with Crippen LogP contribution in [0.25, 0.3) is 0 Å². The second kappa shape index (κ2) is 5.55. The highest BCUT2D eigenvalue weighted by molar-refractivity contribution is 7.93. The number of aliphatic hydroxyl groups is 1. The first-order valence-corrected chi connectivity index (χ1v) is 8.44. The minimum atomic E-state index is -3.67. The van der Waals surface area contributed by atoms with Gasteiger partial charge in [-0.25, -0.2) is 13.4 Å². The van der Waals surface area contributed by atoms with Crippen molar-refractivity contribution in [1.29, 1.82) is 0 Å². The Morgan fingerprint density at radius 3 is 2.60 bits per heavy atom. The van der Waals surface area contributed by atoms with Gasteiger partial charge in [-0.15, -0.1) is 11.3 Å². The highest BCUT2D eigenvalue weighted by Gasteiger charge is 2.19. The quantitative estimate of drug-likeness (QED) is 0.882. The Kier molecular flexibility index (Phi) is 4.17. The summed E-state index contributed by atoms with van der Waals surface area (Å²) in [6.45, 7) is 6.01. The number of sulfonamides is 1. The van der Waals surface area contributed by atoms with Crippen molar-refractivity contribution in [2.24, 2.45) is 0 Å². The summed E-state index contributed by atoms with van der Waals surface area (Å²) < 4.78 is 28.7. The van der Waals surface area contributed by atoms with Crippen molar-refractivity contribution < 1.29 is 13.5 Å². The van der Waals surface area contributed by atoms with E-state index in [2.05, 4.69) is 9.71 Å². The van der Waals surface area contributed by atoms with E-state index >= 15 is 0 Å². The third-order valence-corrected chi connectivity index (χ3v) is 5.45. The molecule has 0 aliphatic carbocycles. The van der Waals surface area contributed by atoms with Crippen LogP contribution in [0.15, 0.2) is 17.2 Å². The molecule has 2 aromatic heterocycles. The lowest BCUT2D eigenvalue weighted by Gasteiger charge is -2.02. The summed E-state index contributed by atoms with van der Waals surface area (Å²) in [5.41, 5.74) is 1.38. The van der Waals surface area contributed by atoms with E-state index in [4.69, 9.17) is 0 Å². The normalized spacial score (nSPS) is 11.8. The van der Waals surface area contributed by atoms with Crippen LogP contribution in [0.4, 0.5) is 5.13 Å². The summed E-state index contributed by atoms with van der Waals surface area (Å²) in [4.78, 5) is 5.27. The second-order valence-electron chi connectivity index (χ2n) is 4.38. The minimum absolute atomic E-state index is 0.133. The molecule has 2 N–H and O–H groups in total. The molecule has 0 fully saturated rings. The first-order valence-electron chi connectivity index (χ1n) is 6.14. The number of nitrogens with zero attached hydrogens (tertiary/aromatic N) is 2. The minimum Gasteiger partial charge on any atom is -0.390 e. The Morgan fingerprint density at radius 1 is 1.45 bits per heavy atom. The third-order valence-electron chi connectivity index (χ3n) is 3.02. The van der Waals surface area contributed by atoms with Gasteiger partial charge in [0.1, 0.15) is 4.90 Å². The van der Waals surface area contributed by atoms with Crippen molar-refractivity contribution in [3.05, 3.63) is 28.5 Å². The fourth-order valence-corrected chi connectivity index (χ4v) is 3.90. The van der Waals surface area contributed by atoms with Gasteiger partial charge in [0.25, 0.3) is 10.0 Å². The number of rotatable bonds is 5. The highest BCUT2D eigenvalue weighted by atomic mass is 32.2. The maximum absolute atomic E-state index is 12.3. The van der Waals surface area contributed by atoms with Gasteiger partial charge in [0, 0.05) is 23.3 Å². The molecule has 20 heavy (non-hydrogen) atoms. The van der Waals surface area contributed by atoms with Crippen LogP contribution in [0.1, 0.15) is 23.2 Å². The summed E-state index contributed by atoms with van der Waals surface area (Å²) in [6.07, 6.45) is 1.52. The molecule has 2 heterocycles. The predicted octanol–water partition coefficient (Wildman–Crippen LogP) is 1.87. The van der Waals surface area contributed by atoms with E-state index in [1.807, 2.05) is 20.8 Å². The second-order valence-corrected chi connectivity index (χ2v) is 7.26. The molecule has 0 saturated carbocycles. The van der Waals surface area contributed by atoms with Crippen molar-refractivity contribution in [3.63, 3.8) is 0 Å². The summed E-state index contributed by atoms with van der Waals surface area (Å²) in [7, 11) is -3.67. The molecule has 0 radical (unpaired) electrons. The van der Waals surface area contributed by atoms with Crippen molar-refractivity contribution in [1.82, 2.24) is 9.55 Å². The molecule has 8 heteroatoms. The van der Waals surface area contributed by atoms with E-state index in [-0.39, 0.29) is 11.5 Å². The average molecular weight is 315 g/mol. The van der Waals surface area contributed by atoms with Crippen LogP contribution in [0.3, 0.4) is 0 Å². The summed E-state index contributed by atoms with van der Waals surface area (Å²) in [6, 6.07) is 1.47. The zero-order valence-corrected chi connectivity index (χ0v) is 13.2. The first-order chi connectivity index (χ1) is 9.37. The van der Waals surface area contributed by atoms with Crippen LogP contribution >= 0.6 is 11.3 Å². The number of nitrogens with one attached hydrogen (secondary N) is 1. The van der Waals surface area contributed by atoms with Crippen LogP contribution in [0, 0.1) is 13.8 Å². The van der Waals surface area contributed by atoms with Gasteiger partial charge in [-0.2, -0.15) is 0 Å². The van der Waals surface area contributed by atoms with E-state index in [0.29, 0.717) is 17.4 Å². The fourth-order valence-electron chi connectivity index (χ4n) is 1.79. The molecule has 110 valence electrons. The van der Waals surface area contributed by atoms with Gasteiger partial charge in [-0.3, -0.25) is 4.72 Å². The number of hydrogen-bond acceptors (Lipinski definition) is 5. The smallest absolute Gasteiger partial charge is 0.265 e. The largest absolute Gasteiger partial charge is 0.390 e. The van der Waals surface area contributed by atoms with Crippen molar-refractivity contribution >= 4 is 26.5 Å². The van der Waals surface area contributed by atoms with Crippen molar-refractivity contribution in [3.8, 4) is 0 Å². The Bertz CT molecular complexity index is 675. The molecule has 0 saturated heterocycles. The molecule has 0 unspecified atom stereocenters. The van der Waals surface area contributed by atoms with Crippen LogP contribution in [0.5, 0.6) is 0 Å². The van der Waals surface area contributed by atoms with Crippen LogP contribution in [0.2, 0.25) is 0 Å². The number of hydrogen-bond donors (Lipinski definition) is 2. The third kappa shape index (κ3) is 2.87. The summed E-state index contributed by atoms with van der Waals surface area (Å²) in [5, 5.41) is 9.57. The van der Waals surface area contributed by atoms with Gasteiger partial charge < -0.3 is 9.67 Å². The van der Waals surface area contributed by atoms with Gasteiger partial charge >= 0.3 is 0 Å². The molecule has 0 aromatic carbocycles. The van der Waals surface area contributed by atoms with Gasteiger partial charge in [0.2, 0.25) is 0 Å². The number of aromatic nitrogens is 2.